The Morgan fingerprint density at radius 3 is 2.57 bits per heavy atom. The molecule has 1 aromatic heterocycles. The molecule has 2 atom stereocenters. The first kappa shape index (κ1) is 25.8. The lowest BCUT2D eigenvalue weighted by Crippen LogP contribution is -2.70. The summed E-state index contributed by atoms with van der Waals surface area (Å²) in [5.41, 5.74) is 11.4. The van der Waals surface area contributed by atoms with Gasteiger partial charge in [-0.05, 0) is 31.2 Å². The summed E-state index contributed by atoms with van der Waals surface area (Å²) in [6.07, 6.45) is 0. The number of ether oxygens (including phenoxy) is 1. The number of nitrogen functional groups attached to an aromatic ring is 2. The van der Waals surface area contributed by atoms with Gasteiger partial charge in [-0.25, -0.2) is 4.98 Å². The van der Waals surface area contributed by atoms with E-state index in [0.717, 1.165) is 11.3 Å². The summed E-state index contributed by atoms with van der Waals surface area (Å²) in [5.74, 6) is -1.31. The molecule has 188 valence electrons. The van der Waals surface area contributed by atoms with Crippen LogP contribution in [0.4, 0.5) is 5.13 Å². The Morgan fingerprint density at radius 2 is 2.03 bits per heavy atom. The van der Waals surface area contributed by atoms with Crippen LogP contribution in [-0.4, -0.2) is 71.7 Å². The van der Waals surface area contributed by atoms with E-state index in [1.54, 1.807) is 24.3 Å². The molecule has 17 heteroatoms. The van der Waals surface area contributed by atoms with Gasteiger partial charge in [-0.2, -0.15) is 13.5 Å². The molecule has 1 aliphatic rings. The second-order valence-electron chi connectivity index (χ2n) is 6.99. The molecule has 7 N–H and O–H groups in total. The van der Waals surface area contributed by atoms with Crippen LogP contribution >= 0.6 is 11.3 Å². The third kappa shape index (κ3) is 6.63. The average Bonchev–Trinajstić information content (AvgIpc) is 3.23. The summed E-state index contributed by atoms with van der Waals surface area (Å²) < 4.78 is 40.0. The van der Waals surface area contributed by atoms with Crippen molar-refractivity contribution in [2.45, 2.75) is 19.0 Å². The molecular weight excluding hydrogens is 506 g/mol. The molecule has 2 aromatic rings. The third-order valence-electron chi connectivity index (χ3n) is 4.54. The summed E-state index contributed by atoms with van der Waals surface area (Å²) >= 11 is 1.05. The van der Waals surface area contributed by atoms with Crippen molar-refractivity contribution in [2.24, 2.45) is 10.9 Å². The van der Waals surface area contributed by atoms with E-state index in [9.17, 15) is 18.0 Å². The molecular formula is C18H21N7O8S2. The number of carbonyl (C=O) groups excluding carboxylic acids is 2. The predicted octanol–water partition coefficient (Wildman–Crippen LogP) is -0.741. The van der Waals surface area contributed by atoms with Crippen molar-refractivity contribution in [3.8, 4) is 5.75 Å². The Balaban J connectivity index is 1.60. The van der Waals surface area contributed by atoms with Gasteiger partial charge in [0.15, 0.2) is 17.5 Å². The number of hydrogen-bond donors (Lipinski definition) is 5. The fraction of sp³-hybridized carbons (Fsp3) is 0.278. The minimum absolute atomic E-state index is 0.0560. The summed E-state index contributed by atoms with van der Waals surface area (Å²) in [6, 6.07) is 4.45. The summed E-state index contributed by atoms with van der Waals surface area (Å²) in [5, 5.41) is 15.6. The number of nitrogens with zero attached hydrogens (tertiary/aromatic N) is 3. The predicted molar refractivity (Wildman–Crippen MR) is 123 cm³/mol. The summed E-state index contributed by atoms with van der Waals surface area (Å²) in [4.78, 5) is 34.1. The van der Waals surface area contributed by atoms with Crippen LogP contribution in [0.25, 0.3) is 0 Å². The Morgan fingerprint density at radius 1 is 1.34 bits per heavy atom. The number of amidine groups is 1. The van der Waals surface area contributed by atoms with Crippen LogP contribution in [0, 0.1) is 5.41 Å². The normalized spacial score (nSPS) is 18.1. The number of nitrogens with one attached hydrogen (secondary N) is 2. The Bertz CT molecular complexity index is 1250. The van der Waals surface area contributed by atoms with Gasteiger partial charge in [0.05, 0.1) is 6.04 Å². The van der Waals surface area contributed by atoms with Crippen molar-refractivity contribution >= 4 is 50.2 Å². The number of hydrogen-bond acceptors (Lipinski definition) is 12. The fourth-order valence-electron chi connectivity index (χ4n) is 2.83. The van der Waals surface area contributed by atoms with Crippen molar-refractivity contribution in [3.05, 3.63) is 40.9 Å². The molecule has 3 rings (SSSR count). The largest absolute Gasteiger partial charge is 0.490 e. The SMILES string of the molecule is C[C@H]1[C@H](NC(=O)C(=NOCCOc2ccc(C(=N)N)cc2)c2csc(N)n2)C(=O)N1OS(=O)(=O)O. The van der Waals surface area contributed by atoms with Crippen molar-refractivity contribution in [1.29, 1.82) is 5.41 Å². The van der Waals surface area contributed by atoms with Crippen LogP contribution in [-0.2, 0) is 29.1 Å². The first-order valence-electron chi connectivity index (χ1n) is 9.76. The van der Waals surface area contributed by atoms with Crippen LogP contribution in [0.15, 0.2) is 34.8 Å². The van der Waals surface area contributed by atoms with E-state index in [1.165, 1.54) is 12.3 Å². The Labute approximate surface area is 203 Å². The quantitative estimate of drug-likeness (QED) is 0.0609. The van der Waals surface area contributed by atoms with Crippen LogP contribution < -0.4 is 21.5 Å². The zero-order chi connectivity index (χ0) is 25.8. The lowest BCUT2D eigenvalue weighted by atomic mass is 10.00. The number of rotatable bonds is 11. The highest BCUT2D eigenvalue weighted by Crippen LogP contribution is 2.22. The van der Waals surface area contributed by atoms with Crippen molar-refractivity contribution in [3.63, 3.8) is 0 Å². The lowest BCUT2D eigenvalue weighted by molar-refractivity contribution is -0.196. The van der Waals surface area contributed by atoms with Gasteiger partial charge in [-0.15, -0.1) is 15.6 Å². The molecule has 0 aliphatic carbocycles. The zero-order valence-corrected chi connectivity index (χ0v) is 19.7. The highest BCUT2D eigenvalue weighted by Gasteiger charge is 2.49. The van der Waals surface area contributed by atoms with Crippen LogP contribution in [0.5, 0.6) is 5.75 Å². The number of amides is 2. The number of nitrogens with two attached hydrogens (primary N) is 2. The number of oxime groups is 1. The monoisotopic (exact) mass is 527 g/mol. The molecule has 35 heavy (non-hydrogen) atoms. The van der Waals surface area contributed by atoms with Gasteiger partial charge in [-0.3, -0.25) is 19.6 Å². The number of hydroxylamine groups is 2. The van der Waals surface area contributed by atoms with Crippen molar-refractivity contribution in [1.82, 2.24) is 15.4 Å². The molecule has 2 amide bonds. The van der Waals surface area contributed by atoms with Gasteiger partial charge < -0.3 is 26.4 Å². The number of thiazole rings is 1. The van der Waals surface area contributed by atoms with E-state index in [2.05, 4.69) is 19.7 Å². The van der Waals surface area contributed by atoms with E-state index in [4.69, 9.17) is 31.0 Å². The first-order valence-corrected chi connectivity index (χ1v) is 12.0. The second-order valence-corrected chi connectivity index (χ2v) is 8.88. The fourth-order valence-corrected chi connectivity index (χ4v) is 3.79. The number of carbonyl (C=O) groups is 2. The van der Waals surface area contributed by atoms with E-state index in [1.807, 2.05) is 0 Å². The Kier molecular flexibility index (Phi) is 7.85. The van der Waals surface area contributed by atoms with Gasteiger partial charge >= 0.3 is 10.4 Å². The van der Waals surface area contributed by atoms with Gasteiger partial charge in [0.1, 0.15) is 29.9 Å². The van der Waals surface area contributed by atoms with E-state index >= 15 is 0 Å². The minimum Gasteiger partial charge on any atom is -0.490 e. The lowest BCUT2D eigenvalue weighted by Gasteiger charge is -2.42. The van der Waals surface area contributed by atoms with Crippen molar-refractivity contribution in [2.75, 3.05) is 18.9 Å². The number of anilines is 1. The highest BCUT2D eigenvalue weighted by molar-refractivity contribution is 7.80. The second kappa shape index (κ2) is 10.6. The van der Waals surface area contributed by atoms with E-state index < -0.39 is 34.3 Å². The molecule has 1 aliphatic heterocycles. The highest BCUT2D eigenvalue weighted by atomic mass is 32.3. The number of β-lactam (4-membered cyclic amide) rings is 1. The average molecular weight is 528 g/mol. The molecule has 0 radical (unpaired) electrons. The van der Waals surface area contributed by atoms with Gasteiger partial charge in [0.25, 0.3) is 11.8 Å². The molecule has 0 spiro atoms. The van der Waals surface area contributed by atoms with Gasteiger partial charge in [0, 0.05) is 10.9 Å². The van der Waals surface area contributed by atoms with E-state index in [0.29, 0.717) is 16.4 Å². The maximum absolute atomic E-state index is 12.8. The van der Waals surface area contributed by atoms with Gasteiger partial charge in [0.2, 0.25) is 0 Å². The molecule has 0 bridgehead atoms. The molecule has 0 unspecified atom stereocenters. The van der Waals surface area contributed by atoms with E-state index in [-0.39, 0.29) is 35.6 Å². The molecule has 2 heterocycles. The van der Waals surface area contributed by atoms with Crippen LogP contribution in [0.3, 0.4) is 0 Å². The molecule has 1 saturated heterocycles. The molecule has 1 aromatic carbocycles. The Hall–Kier alpha value is -3.80. The van der Waals surface area contributed by atoms with Crippen LogP contribution in [0.1, 0.15) is 18.2 Å². The number of aromatic nitrogens is 1. The maximum atomic E-state index is 12.8. The molecule has 0 saturated carbocycles. The minimum atomic E-state index is -4.90. The molecule has 15 nitrogen and oxygen atoms in total. The van der Waals surface area contributed by atoms with Gasteiger partial charge in [-0.1, -0.05) is 5.16 Å². The summed E-state index contributed by atoms with van der Waals surface area (Å²) in [6.45, 7) is 1.41. The topological polar surface area (TPSA) is 233 Å². The first-order chi connectivity index (χ1) is 16.5. The zero-order valence-electron chi connectivity index (χ0n) is 18.1. The van der Waals surface area contributed by atoms with Crippen molar-refractivity contribution < 1.29 is 36.4 Å². The molecule has 1 fully saturated rings. The standard InChI is InChI=1S/C18H21N7O8S2/c1-9-13(17(27)25(9)33-35(28,29)30)23-16(26)14(12-8-34-18(21)22-12)24-32-7-6-31-11-4-2-10(3-5-11)15(19)20/h2-5,8-9,13H,6-7H2,1H3,(H3,19,20)(H2,21,22)(H,23,26)(H,28,29,30)/t9-,13-/m0/s1. The van der Waals surface area contributed by atoms with Crippen LogP contribution in [0.2, 0.25) is 0 Å². The number of benzene rings is 1. The third-order valence-corrected chi connectivity index (χ3v) is 5.56. The summed E-state index contributed by atoms with van der Waals surface area (Å²) in [7, 11) is -4.90. The smallest absolute Gasteiger partial charge is 0.418 e. The maximum Gasteiger partial charge on any atom is 0.418 e.